The summed E-state index contributed by atoms with van der Waals surface area (Å²) in [5, 5.41) is 12.6. The lowest BCUT2D eigenvalue weighted by molar-refractivity contribution is 0.0911. The van der Waals surface area contributed by atoms with Crippen LogP contribution in [0.3, 0.4) is 0 Å². The van der Waals surface area contributed by atoms with Crippen molar-refractivity contribution in [1.82, 2.24) is 10.3 Å². The number of H-pyrrole nitrogens is 1. The highest BCUT2D eigenvalue weighted by atomic mass is 32.1. The fourth-order valence-corrected chi connectivity index (χ4v) is 3.91. The minimum absolute atomic E-state index is 0.0771. The lowest BCUT2D eigenvalue weighted by Gasteiger charge is -2.35. The number of nitrogens with zero attached hydrogens (tertiary/aromatic N) is 1. The summed E-state index contributed by atoms with van der Waals surface area (Å²) in [5.41, 5.74) is 2.48. The number of thiazole rings is 1. The van der Waals surface area contributed by atoms with Crippen LogP contribution in [-0.4, -0.2) is 35.8 Å². The Morgan fingerprint density at radius 1 is 1.14 bits per heavy atom. The molecule has 2 heterocycles. The van der Waals surface area contributed by atoms with Crippen molar-refractivity contribution in [3.8, 4) is 11.6 Å². The molecule has 0 fully saturated rings. The zero-order valence-corrected chi connectivity index (χ0v) is 16.0. The van der Waals surface area contributed by atoms with Gasteiger partial charge in [0.25, 0.3) is 5.91 Å². The molecule has 1 aliphatic heterocycles. The summed E-state index contributed by atoms with van der Waals surface area (Å²) in [5.74, 6) is 0.492. The summed E-state index contributed by atoms with van der Waals surface area (Å²) in [7, 11) is 1.92. The molecule has 0 aliphatic carbocycles. The minimum atomic E-state index is -0.271. The maximum Gasteiger partial charge on any atom is 0.307 e. The quantitative estimate of drug-likeness (QED) is 0.614. The summed E-state index contributed by atoms with van der Waals surface area (Å²) < 4.78 is 5.85. The van der Waals surface area contributed by atoms with Crippen LogP contribution >= 0.6 is 11.3 Å². The maximum atomic E-state index is 12.3. The standard InChI is InChI=1S/C20H19N3O4S/c1-23-15-5-3-2-4-14(15)18(24)21-17(23)11-27-13-8-6-12(7-9-13)10-16-19(25)22-20(26)28-16/h2-9,17,25H,10-11H2,1H3,(H,21,24)(H,22,26). The molecule has 0 spiro atoms. The van der Waals surface area contributed by atoms with Crippen LogP contribution in [-0.2, 0) is 6.42 Å². The van der Waals surface area contributed by atoms with Gasteiger partial charge in [-0.3, -0.25) is 14.6 Å². The van der Waals surface area contributed by atoms with Gasteiger partial charge >= 0.3 is 4.87 Å². The fourth-order valence-electron chi connectivity index (χ4n) is 3.16. The lowest BCUT2D eigenvalue weighted by atomic mass is 10.1. The van der Waals surface area contributed by atoms with Gasteiger partial charge in [0.05, 0.1) is 16.1 Å². The van der Waals surface area contributed by atoms with E-state index in [0.717, 1.165) is 22.6 Å². The van der Waals surface area contributed by atoms with Gasteiger partial charge in [0, 0.05) is 13.5 Å². The number of hydrogen-bond donors (Lipinski definition) is 3. The highest BCUT2D eigenvalue weighted by Crippen LogP contribution is 2.25. The van der Waals surface area contributed by atoms with Crippen LogP contribution in [0.25, 0.3) is 0 Å². The number of carbonyl (C=O) groups excluding carboxylic acids is 1. The van der Waals surface area contributed by atoms with E-state index in [1.807, 2.05) is 54.4 Å². The van der Waals surface area contributed by atoms with Crippen LogP contribution in [0.4, 0.5) is 5.69 Å². The first-order chi connectivity index (χ1) is 13.5. The van der Waals surface area contributed by atoms with Crippen molar-refractivity contribution in [3.05, 3.63) is 74.2 Å². The molecule has 0 radical (unpaired) electrons. The van der Waals surface area contributed by atoms with Gasteiger partial charge in [-0.15, -0.1) is 0 Å². The van der Waals surface area contributed by atoms with E-state index in [2.05, 4.69) is 10.3 Å². The molecule has 2 aromatic carbocycles. The van der Waals surface area contributed by atoms with E-state index in [9.17, 15) is 14.7 Å². The van der Waals surface area contributed by atoms with Crippen molar-refractivity contribution in [2.24, 2.45) is 0 Å². The Kier molecular flexibility index (Phi) is 4.79. The Hall–Kier alpha value is -3.26. The van der Waals surface area contributed by atoms with Crippen LogP contribution in [0.5, 0.6) is 11.6 Å². The van der Waals surface area contributed by atoms with Crippen LogP contribution in [0.2, 0.25) is 0 Å². The Balaban J connectivity index is 1.40. The van der Waals surface area contributed by atoms with Crippen LogP contribution < -0.4 is 19.8 Å². The number of anilines is 1. The van der Waals surface area contributed by atoms with E-state index in [1.54, 1.807) is 6.07 Å². The molecule has 8 heteroatoms. The van der Waals surface area contributed by atoms with E-state index in [0.29, 0.717) is 29.2 Å². The first kappa shape index (κ1) is 18.1. The number of hydrogen-bond acceptors (Lipinski definition) is 6. The van der Waals surface area contributed by atoms with Crippen LogP contribution in [0.1, 0.15) is 20.8 Å². The Morgan fingerprint density at radius 3 is 2.61 bits per heavy atom. The molecular weight excluding hydrogens is 378 g/mol. The van der Waals surface area contributed by atoms with Crippen molar-refractivity contribution in [3.63, 3.8) is 0 Å². The zero-order chi connectivity index (χ0) is 19.7. The van der Waals surface area contributed by atoms with Crippen molar-refractivity contribution >= 4 is 22.9 Å². The second-order valence-corrected chi connectivity index (χ2v) is 7.60. The molecule has 0 saturated carbocycles. The summed E-state index contributed by atoms with van der Waals surface area (Å²) in [6.45, 7) is 0.302. The smallest absolute Gasteiger partial charge is 0.307 e. The van der Waals surface area contributed by atoms with E-state index in [-0.39, 0.29) is 22.8 Å². The summed E-state index contributed by atoms with van der Waals surface area (Å²) >= 11 is 0.999. The molecule has 0 saturated heterocycles. The molecule has 144 valence electrons. The molecule has 1 amide bonds. The molecule has 1 aliphatic rings. The van der Waals surface area contributed by atoms with Gasteiger partial charge in [-0.05, 0) is 29.8 Å². The number of para-hydroxylation sites is 1. The Labute approximate surface area is 165 Å². The number of benzene rings is 2. The van der Waals surface area contributed by atoms with Crippen molar-refractivity contribution in [1.29, 1.82) is 0 Å². The zero-order valence-electron chi connectivity index (χ0n) is 15.1. The SMILES string of the molecule is CN1c2ccccc2C(=O)NC1COc1ccc(Cc2sc(=O)[nH]c2O)cc1. The molecular formula is C20H19N3O4S. The minimum Gasteiger partial charge on any atom is -0.494 e. The highest BCUT2D eigenvalue weighted by Gasteiger charge is 2.28. The number of carbonyl (C=O) groups is 1. The van der Waals surface area contributed by atoms with E-state index in [1.165, 1.54) is 0 Å². The molecule has 1 aromatic heterocycles. The normalized spacial score (nSPS) is 15.8. The third-order valence-corrected chi connectivity index (χ3v) is 5.56. The topological polar surface area (TPSA) is 94.7 Å². The third-order valence-electron chi connectivity index (χ3n) is 4.69. The number of fused-ring (bicyclic) bond motifs is 1. The maximum absolute atomic E-state index is 12.3. The van der Waals surface area contributed by atoms with E-state index in [4.69, 9.17) is 4.74 Å². The molecule has 1 atom stereocenters. The average molecular weight is 397 g/mol. The van der Waals surface area contributed by atoms with Gasteiger partial charge < -0.3 is 20.1 Å². The third kappa shape index (κ3) is 3.59. The predicted octanol–water partition coefficient (Wildman–Crippen LogP) is 2.32. The number of rotatable bonds is 5. The van der Waals surface area contributed by atoms with Crippen molar-refractivity contribution in [2.45, 2.75) is 12.6 Å². The van der Waals surface area contributed by atoms with Crippen LogP contribution in [0.15, 0.2) is 53.3 Å². The monoisotopic (exact) mass is 397 g/mol. The first-order valence-corrected chi connectivity index (χ1v) is 9.58. The largest absolute Gasteiger partial charge is 0.494 e. The number of amides is 1. The van der Waals surface area contributed by atoms with Gasteiger partial charge in [-0.2, -0.15) is 0 Å². The lowest BCUT2D eigenvalue weighted by Crippen LogP contribution is -2.54. The van der Waals surface area contributed by atoms with Gasteiger partial charge in [0.2, 0.25) is 5.88 Å². The first-order valence-electron chi connectivity index (χ1n) is 8.76. The molecule has 0 bridgehead atoms. The van der Waals surface area contributed by atoms with Crippen molar-refractivity contribution in [2.75, 3.05) is 18.6 Å². The Morgan fingerprint density at radius 2 is 1.89 bits per heavy atom. The second kappa shape index (κ2) is 7.40. The van der Waals surface area contributed by atoms with Crippen molar-refractivity contribution < 1.29 is 14.6 Å². The molecule has 28 heavy (non-hydrogen) atoms. The highest BCUT2D eigenvalue weighted by molar-refractivity contribution is 7.09. The van der Waals surface area contributed by atoms with Gasteiger partial charge in [-0.25, -0.2) is 0 Å². The predicted molar refractivity (Wildman–Crippen MR) is 107 cm³/mol. The van der Waals surface area contributed by atoms with Crippen LogP contribution in [0, 0.1) is 0 Å². The average Bonchev–Trinajstić information content (AvgIpc) is 3.01. The molecule has 4 rings (SSSR count). The number of ether oxygens (including phenoxy) is 1. The molecule has 3 aromatic rings. The number of nitrogens with one attached hydrogen (secondary N) is 2. The second-order valence-electron chi connectivity index (χ2n) is 6.54. The number of aromatic nitrogens is 1. The van der Waals surface area contributed by atoms with Gasteiger partial charge in [0.15, 0.2) is 0 Å². The fraction of sp³-hybridized carbons (Fsp3) is 0.200. The van der Waals surface area contributed by atoms with E-state index < -0.39 is 0 Å². The summed E-state index contributed by atoms with van der Waals surface area (Å²) in [4.78, 5) is 28.2. The van der Waals surface area contributed by atoms with Gasteiger partial charge in [0.1, 0.15) is 18.5 Å². The molecule has 3 N–H and O–H groups in total. The summed E-state index contributed by atoms with van der Waals surface area (Å²) in [6, 6.07) is 14.9. The van der Waals surface area contributed by atoms with Gasteiger partial charge in [-0.1, -0.05) is 35.6 Å². The van der Waals surface area contributed by atoms with E-state index >= 15 is 0 Å². The molecule has 7 nitrogen and oxygen atoms in total. The Bertz CT molecular complexity index is 1060. The summed E-state index contributed by atoms with van der Waals surface area (Å²) in [6.07, 6.45) is 0.199. The molecule has 1 unspecified atom stereocenters. The number of aromatic hydroxyl groups is 1. The number of likely N-dealkylation sites (N-methyl/N-ethyl adjacent to an activating group) is 1. The number of aromatic amines is 1.